The number of nitrogens with zero attached hydrogens (tertiary/aromatic N) is 2. The molecule has 0 spiro atoms. The highest BCUT2D eigenvalue weighted by atomic mass is 35.5. The molecule has 140 valence electrons. The van der Waals surface area contributed by atoms with Crippen LogP contribution in [0.4, 0.5) is 0 Å². The van der Waals surface area contributed by atoms with Crippen molar-refractivity contribution in [3.8, 4) is 0 Å². The highest BCUT2D eigenvalue weighted by Crippen LogP contribution is 2.38. The molecule has 1 heterocycles. The summed E-state index contributed by atoms with van der Waals surface area (Å²) in [7, 11) is 1.39. The van der Waals surface area contributed by atoms with E-state index in [-0.39, 0.29) is 0 Å². The molecule has 1 aromatic carbocycles. The summed E-state index contributed by atoms with van der Waals surface area (Å²) in [5.74, 6) is 0.639. The summed E-state index contributed by atoms with van der Waals surface area (Å²) in [6, 6.07) is 9.25. The fourth-order valence-electron chi connectivity index (χ4n) is 3.17. The van der Waals surface area contributed by atoms with E-state index < -0.39 is 0 Å². The zero-order valence-electron chi connectivity index (χ0n) is 16.6. The van der Waals surface area contributed by atoms with E-state index in [4.69, 9.17) is 0 Å². The Balaban J connectivity index is 0.000000970. The lowest BCUT2D eigenvalue weighted by atomic mass is 9.74. The molecule has 0 fully saturated rings. The van der Waals surface area contributed by atoms with Gasteiger partial charge in [0.05, 0.1) is 25.5 Å². The summed E-state index contributed by atoms with van der Waals surface area (Å²) >= 11 is 4.50. The molecule has 1 atom stereocenters. The molecule has 3 nitrogen and oxygen atoms in total. The Morgan fingerprint density at radius 1 is 1.16 bits per heavy atom. The van der Waals surface area contributed by atoms with Crippen LogP contribution in [0, 0.1) is 5.41 Å². The van der Waals surface area contributed by atoms with Crippen molar-refractivity contribution in [3.05, 3.63) is 54.1 Å². The molecule has 0 aliphatic heterocycles. The van der Waals surface area contributed by atoms with Gasteiger partial charge in [0.2, 0.25) is 6.33 Å². The number of aromatic nitrogens is 2. The number of hydrogen-bond donors (Lipinski definition) is 0. The molecule has 4 heteroatoms. The summed E-state index contributed by atoms with van der Waals surface area (Å²) in [6.45, 7) is 13.5. The van der Waals surface area contributed by atoms with E-state index in [1.807, 2.05) is 0 Å². The summed E-state index contributed by atoms with van der Waals surface area (Å²) < 4.78 is 8.16. The van der Waals surface area contributed by atoms with Gasteiger partial charge in [0.25, 0.3) is 0 Å². The van der Waals surface area contributed by atoms with Crippen molar-refractivity contribution >= 4 is 11.9 Å². The normalized spacial score (nSPS) is 12.4. The van der Waals surface area contributed by atoms with Gasteiger partial charge in [-0.2, -0.15) is 0 Å². The summed E-state index contributed by atoms with van der Waals surface area (Å²) in [5, 5.41) is 0. The van der Waals surface area contributed by atoms with Crippen molar-refractivity contribution in [2.24, 2.45) is 5.41 Å². The van der Waals surface area contributed by atoms with Crippen molar-refractivity contribution in [1.29, 1.82) is 0 Å². The molecule has 0 saturated heterocycles. The molecular formula is C21H34ClN2O+. The third-order valence-corrected chi connectivity index (χ3v) is 4.48. The molecule has 0 saturated carbocycles. The second-order valence-electron chi connectivity index (χ2n) is 7.52. The highest BCUT2D eigenvalue weighted by Gasteiger charge is 2.25. The second kappa shape index (κ2) is 10.6. The van der Waals surface area contributed by atoms with E-state index in [0.29, 0.717) is 11.3 Å². The van der Waals surface area contributed by atoms with E-state index in [1.165, 1.54) is 31.1 Å². The summed E-state index contributed by atoms with van der Waals surface area (Å²) in [4.78, 5) is 0. The maximum absolute atomic E-state index is 4.50. The van der Waals surface area contributed by atoms with Gasteiger partial charge in [-0.25, -0.2) is 9.13 Å². The van der Waals surface area contributed by atoms with Crippen LogP contribution in [0.2, 0.25) is 0 Å². The zero-order valence-corrected chi connectivity index (χ0v) is 17.4. The Morgan fingerprint density at radius 2 is 1.76 bits per heavy atom. The van der Waals surface area contributed by atoms with Crippen LogP contribution in [0.15, 0.2) is 43.0 Å². The second-order valence-corrected chi connectivity index (χ2v) is 7.83. The molecule has 2 aromatic rings. The van der Waals surface area contributed by atoms with Crippen LogP contribution in [0.25, 0.3) is 0 Å². The smallest absolute Gasteiger partial charge is 0.244 e. The predicted octanol–water partition coefficient (Wildman–Crippen LogP) is 5.56. The molecule has 0 aliphatic carbocycles. The van der Waals surface area contributed by atoms with Gasteiger partial charge in [-0.3, -0.25) is 4.29 Å². The molecule has 1 unspecified atom stereocenters. The number of imidazole rings is 1. The van der Waals surface area contributed by atoms with Gasteiger partial charge in [0, 0.05) is 0 Å². The largest absolute Gasteiger partial charge is 0.283 e. The highest BCUT2D eigenvalue weighted by molar-refractivity contribution is 6.07. The van der Waals surface area contributed by atoms with Crippen molar-refractivity contribution in [1.82, 2.24) is 4.57 Å². The third-order valence-electron chi connectivity index (χ3n) is 4.48. The van der Waals surface area contributed by atoms with Crippen LogP contribution in [0.5, 0.6) is 0 Å². The van der Waals surface area contributed by atoms with E-state index in [2.05, 4.69) is 103 Å². The molecule has 0 amide bonds. The monoisotopic (exact) mass is 365 g/mol. The van der Waals surface area contributed by atoms with Crippen molar-refractivity contribution in [3.63, 3.8) is 0 Å². The van der Waals surface area contributed by atoms with Crippen molar-refractivity contribution in [2.75, 3.05) is 7.11 Å². The Morgan fingerprint density at radius 3 is 2.20 bits per heavy atom. The maximum atomic E-state index is 4.50. The molecule has 0 N–H and O–H groups in total. The first-order chi connectivity index (χ1) is 11.8. The van der Waals surface area contributed by atoms with E-state index in [9.17, 15) is 0 Å². The number of hydrogen-bond acceptors (Lipinski definition) is 1. The van der Waals surface area contributed by atoms with Gasteiger partial charge in [-0.05, 0) is 35.8 Å². The Kier molecular flexibility index (Phi) is 9.23. The van der Waals surface area contributed by atoms with Gasteiger partial charge < -0.3 is 0 Å². The first-order valence-electron chi connectivity index (χ1n) is 9.14. The standard InChI is InChI=1S/C20H31N2.CH3ClO/c1-6-8-19(20(3,4)5)18-11-9-17(10-12-18)15-22-14-13-21(7-2)16-22;1-3-2/h9-14,16,19H,6-8,15H2,1-5H3;1H3/q+1;. The van der Waals surface area contributed by atoms with Gasteiger partial charge in [-0.15, -0.1) is 0 Å². The first-order valence-corrected chi connectivity index (χ1v) is 9.44. The third kappa shape index (κ3) is 7.21. The molecule has 0 radical (unpaired) electrons. The van der Waals surface area contributed by atoms with E-state index in [1.54, 1.807) is 0 Å². The number of rotatable bonds is 6. The van der Waals surface area contributed by atoms with Crippen LogP contribution in [-0.4, -0.2) is 11.7 Å². The minimum absolute atomic E-state index is 0.324. The lowest BCUT2D eigenvalue weighted by Gasteiger charge is -2.31. The molecule has 1 aromatic heterocycles. The maximum Gasteiger partial charge on any atom is 0.244 e. The Bertz CT molecular complexity index is 599. The van der Waals surface area contributed by atoms with Crippen LogP contribution in [0.3, 0.4) is 0 Å². The molecule has 0 bridgehead atoms. The lowest BCUT2D eigenvalue weighted by Crippen LogP contribution is -2.31. The lowest BCUT2D eigenvalue weighted by molar-refractivity contribution is -0.687. The van der Waals surface area contributed by atoms with Crippen LogP contribution < -0.4 is 4.57 Å². The average Bonchev–Trinajstić information content (AvgIpc) is 3.01. The first kappa shape index (κ1) is 21.7. The topological polar surface area (TPSA) is 18.0 Å². The van der Waals surface area contributed by atoms with Gasteiger partial charge >= 0.3 is 0 Å². The van der Waals surface area contributed by atoms with E-state index >= 15 is 0 Å². The van der Waals surface area contributed by atoms with E-state index in [0.717, 1.165) is 13.1 Å². The molecular weight excluding hydrogens is 332 g/mol. The summed E-state index contributed by atoms with van der Waals surface area (Å²) in [5.41, 5.74) is 3.17. The number of benzene rings is 1. The Labute approximate surface area is 158 Å². The van der Waals surface area contributed by atoms with Crippen LogP contribution in [0.1, 0.15) is 64.5 Å². The molecule has 25 heavy (non-hydrogen) atoms. The number of aryl methyl sites for hydroxylation is 1. The fraction of sp³-hybridized carbons (Fsp3) is 0.571. The average molecular weight is 366 g/mol. The van der Waals surface area contributed by atoms with Crippen molar-refractivity contribution in [2.45, 2.75) is 66.5 Å². The SMILES string of the molecule is CCCC(c1ccc(C[n+]2ccn(CC)c2)cc1)C(C)(C)C.COCl. The zero-order chi connectivity index (χ0) is 18.9. The minimum Gasteiger partial charge on any atom is -0.283 e. The molecule has 2 rings (SSSR count). The number of halogens is 1. The van der Waals surface area contributed by atoms with Gasteiger partial charge in [-0.1, -0.05) is 58.4 Å². The predicted molar refractivity (Wildman–Crippen MR) is 106 cm³/mol. The minimum atomic E-state index is 0.324. The summed E-state index contributed by atoms with van der Waals surface area (Å²) in [6.07, 6.45) is 8.95. The van der Waals surface area contributed by atoms with Crippen molar-refractivity contribution < 1.29 is 8.86 Å². The fourth-order valence-corrected chi connectivity index (χ4v) is 3.17. The quantitative estimate of drug-likeness (QED) is 0.613. The van der Waals surface area contributed by atoms with Gasteiger partial charge in [0.15, 0.2) is 0 Å². The van der Waals surface area contributed by atoms with Crippen LogP contribution in [-0.2, 0) is 17.4 Å². The van der Waals surface area contributed by atoms with Crippen LogP contribution >= 0.6 is 11.9 Å². The van der Waals surface area contributed by atoms with Gasteiger partial charge in [0.1, 0.15) is 18.9 Å². The molecule has 0 aliphatic rings. The Hall–Kier alpha value is -1.32.